The maximum Gasteiger partial charge on any atom is 0.330 e. The van der Waals surface area contributed by atoms with Crippen LogP contribution in [0.2, 0.25) is 0 Å². The molecule has 0 aromatic heterocycles. The Hall–Kier alpha value is -2.36. The maximum atomic E-state index is 12.5. The number of para-hydroxylation sites is 1. The third-order valence-corrected chi connectivity index (χ3v) is 3.60. The first-order valence-corrected chi connectivity index (χ1v) is 6.81. The Morgan fingerprint density at radius 1 is 1.33 bits per heavy atom. The van der Waals surface area contributed by atoms with Crippen molar-refractivity contribution in [3.05, 3.63) is 53.6 Å². The number of rotatable bonds is 4. The molecule has 0 saturated heterocycles. The highest BCUT2D eigenvalue weighted by atomic mass is 16.5. The van der Waals surface area contributed by atoms with Crippen LogP contribution >= 0.6 is 0 Å². The molecule has 2 rings (SSSR count). The smallest absolute Gasteiger partial charge is 0.330 e. The van der Waals surface area contributed by atoms with Gasteiger partial charge in [0.2, 0.25) is 5.91 Å². The number of amides is 1. The van der Waals surface area contributed by atoms with Crippen LogP contribution < -0.4 is 5.32 Å². The van der Waals surface area contributed by atoms with Gasteiger partial charge in [-0.25, -0.2) is 4.79 Å². The molecule has 0 fully saturated rings. The molecular weight excluding hydrogens is 266 g/mol. The van der Waals surface area contributed by atoms with E-state index in [9.17, 15) is 9.59 Å². The zero-order chi connectivity index (χ0) is 15.5. The number of carbonyl (C=O) groups excluding carboxylic acids is 2. The molecular formula is C17H19NO3. The minimum absolute atomic E-state index is 0.124. The van der Waals surface area contributed by atoms with Gasteiger partial charge in [-0.15, -0.1) is 0 Å². The first-order valence-electron chi connectivity index (χ1n) is 6.81. The predicted octanol–water partition coefficient (Wildman–Crippen LogP) is 2.96. The Morgan fingerprint density at radius 2 is 2.05 bits per heavy atom. The summed E-state index contributed by atoms with van der Waals surface area (Å²) in [5.74, 6) is -0.592. The van der Waals surface area contributed by atoms with Crippen LogP contribution in [0.25, 0.3) is 0 Å². The number of hydrogen-bond acceptors (Lipinski definition) is 3. The monoisotopic (exact) mass is 285 g/mol. The third-order valence-electron chi connectivity index (χ3n) is 3.60. The molecule has 4 nitrogen and oxygen atoms in total. The average Bonchev–Trinajstić information content (AvgIpc) is 2.75. The van der Waals surface area contributed by atoms with Gasteiger partial charge < -0.3 is 10.1 Å². The largest absolute Gasteiger partial charge is 0.466 e. The van der Waals surface area contributed by atoms with Crippen molar-refractivity contribution >= 4 is 17.6 Å². The molecule has 0 bridgehead atoms. The molecule has 1 heterocycles. The summed E-state index contributed by atoms with van der Waals surface area (Å²) in [6.07, 6.45) is 5.47. The van der Waals surface area contributed by atoms with E-state index in [2.05, 4.69) is 10.1 Å². The predicted molar refractivity (Wildman–Crippen MR) is 82.0 cm³/mol. The van der Waals surface area contributed by atoms with Gasteiger partial charge in [0, 0.05) is 11.8 Å². The molecule has 21 heavy (non-hydrogen) atoms. The molecule has 1 atom stereocenters. The van der Waals surface area contributed by atoms with Gasteiger partial charge >= 0.3 is 5.97 Å². The first-order chi connectivity index (χ1) is 9.99. The van der Waals surface area contributed by atoms with E-state index in [0.717, 1.165) is 16.8 Å². The lowest BCUT2D eigenvalue weighted by atomic mass is 9.78. The van der Waals surface area contributed by atoms with Crippen LogP contribution in [0.15, 0.2) is 48.1 Å². The van der Waals surface area contributed by atoms with Gasteiger partial charge in [-0.1, -0.05) is 35.9 Å². The average molecular weight is 285 g/mol. The summed E-state index contributed by atoms with van der Waals surface area (Å²) in [6, 6.07) is 7.54. The fourth-order valence-electron chi connectivity index (χ4n) is 2.42. The van der Waals surface area contributed by atoms with Crippen LogP contribution in [0.5, 0.6) is 0 Å². The van der Waals surface area contributed by atoms with E-state index >= 15 is 0 Å². The van der Waals surface area contributed by atoms with Crippen LogP contribution in [-0.4, -0.2) is 19.0 Å². The Morgan fingerprint density at radius 3 is 2.71 bits per heavy atom. The van der Waals surface area contributed by atoms with E-state index in [1.807, 2.05) is 44.2 Å². The third kappa shape index (κ3) is 2.89. The molecule has 1 aromatic rings. The van der Waals surface area contributed by atoms with Gasteiger partial charge in [0.1, 0.15) is 0 Å². The normalized spacial score (nSPS) is 20.0. The topological polar surface area (TPSA) is 55.4 Å². The number of ether oxygens (including phenoxy) is 1. The van der Waals surface area contributed by atoms with E-state index in [1.165, 1.54) is 13.2 Å². The molecule has 0 radical (unpaired) electrons. The van der Waals surface area contributed by atoms with Gasteiger partial charge in [-0.3, -0.25) is 4.79 Å². The van der Waals surface area contributed by atoms with E-state index in [1.54, 1.807) is 6.08 Å². The van der Waals surface area contributed by atoms with Crippen LogP contribution in [0.4, 0.5) is 5.69 Å². The standard InChI is InChI=1S/C17H19NO3/c1-12(2)8-10-17(11-9-15(19)21-3)13-6-4-5-7-14(13)18-16(17)20/h4-9,11H,10H2,1-3H3,(H,18,20)/b11-9+. The zero-order valence-electron chi connectivity index (χ0n) is 12.5. The minimum Gasteiger partial charge on any atom is -0.466 e. The molecule has 0 spiro atoms. The fraction of sp³-hybridized carbons (Fsp3) is 0.294. The highest BCUT2D eigenvalue weighted by Crippen LogP contribution is 2.41. The van der Waals surface area contributed by atoms with Crippen molar-refractivity contribution in [2.45, 2.75) is 25.7 Å². The molecule has 1 unspecified atom stereocenters. The van der Waals surface area contributed by atoms with E-state index in [4.69, 9.17) is 0 Å². The molecule has 4 heteroatoms. The van der Waals surface area contributed by atoms with Gasteiger partial charge in [0.05, 0.1) is 12.5 Å². The molecule has 0 saturated carbocycles. The Kier molecular flexibility index (Phi) is 4.26. The molecule has 1 aromatic carbocycles. The van der Waals surface area contributed by atoms with E-state index in [-0.39, 0.29) is 5.91 Å². The van der Waals surface area contributed by atoms with Gasteiger partial charge in [-0.05, 0) is 31.9 Å². The summed E-state index contributed by atoms with van der Waals surface area (Å²) < 4.78 is 4.63. The number of allylic oxidation sites excluding steroid dienone is 2. The molecule has 1 N–H and O–H groups in total. The van der Waals surface area contributed by atoms with Crippen LogP contribution in [-0.2, 0) is 19.7 Å². The summed E-state index contributed by atoms with van der Waals surface area (Å²) in [5, 5.41) is 2.88. The molecule has 1 aliphatic rings. The van der Waals surface area contributed by atoms with Crippen LogP contribution in [0.3, 0.4) is 0 Å². The number of nitrogens with one attached hydrogen (secondary N) is 1. The lowest BCUT2D eigenvalue weighted by Crippen LogP contribution is -2.32. The molecule has 1 amide bonds. The van der Waals surface area contributed by atoms with Crippen molar-refractivity contribution < 1.29 is 14.3 Å². The van der Waals surface area contributed by atoms with Gasteiger partial charge in [0.15, 0.2) is 0 Å². The minimum atomic E-state index is -0.859. The summed E-state index contributed by atoms with van der Waals surface area (Å²) in [4.78, 5) is 23.9. The molecule has 1 aliphatic heterocycles. The molecule has 0 aliphatic carbocycles. The second-order valence-corrected chi connectivity index (χ2v) is 5.31. The highest BCUT2D eigenvalue weighted by molar-refractivity contribution is 6.08. The number of anilines is 1. The van der Waals surface area contributed by atoms with Crippen molar-refractivity contribution in [2.24, 2.45) is 0 Å². The van der Waals surface area contributed by atoms with Crippen LogP contribution in [0, 0.1) is 0 Å². The summed E-state index contributed by atoms with van der Waals surface area (Å²) in [5.41, 5.74) is 1.94. The maximum absolute atomic E-state index is 12.5. The molecule has 110 valence electrons. The van der Waals surface area contributed by atoms with Gasteiger partial charge in [0.25, 0.3) is 0 Å². The second-order valence-electron chi connectivity index (χ2n) is 5.31. The van der Waals surface area contributed by atoms with Crippen molar-refractivity contribution in [3.8, 4) is 0 Å². The van der Waals surface area contributed by atoms with Crippen LogP contribution in [0.1, 0.15) is 25.8 Å². The number of methoxy groups -OCH3 is 1. The zero-order valence-corrected chi connectivity index (χ0v) is 12.5. The Balaban J connectivity index is 2.51. The van der Waals surface area contributed by atoms with Gasteiger partial charge in [-0.2, -0.15) is 0 Å². The quantitative estimate of drug-likeness (QED) is 0.525. The lowest BCUT2D eigenvalue weighted by Gasteiger charge is -2.22. The van der Waals surface area contributed by atoms with Crippen molar-refractivity contribution in [1.82, 2.24) is 0 Å². The second kappa shape index (κ2) is 5.95. The van der Waals surface area contributed by atoms with Crippen molar-refractivity contribution in [3.63, 3.8) is 0 Å². The van der Waals surface area contributed by atoms with E-state index < -0.39 is 11.4 Å². The lowest BCUT2D eigenvalue weighted by molar-refractivity contribution is -0.134. The SMILES string of the molecule is COC(=O)/C=C/C1(CC=C(C)C)C(=O)Nc2ccccc21. The summed E-state index contributed by atoms with van der Waals surface area (Å²) in [6.45, 7) is 3.97. The summed E-state index contributed by atoms with van der Waals surface area (Å²) in [7, 11) is 1.32. The van der Waals surface area contributed by atoms with E-state index in [0.29, 0.717) is 6.42 Å². The fourth-order valence-corrected chi connectivity index (χ4v) is 2.42. The number of benzene rings is 1. The Bertz CT molecular complexity index is 627. The number of carbonyl (C=O) groups is 2. The highest BCUT2D eigenvalue weighted by Gasteiger charge is 2.43. The summed E-state index contributed by atoms with van der Waals surface area (Å²) >= 11 is 0. The van der Waals surface area contributed by atoms with Crippen molar-refractivity contribution in [2.75, 3.05) is 12.4 Å². The van der Waals surface area contributed by atoms with Crippen molar-refractivity contribution in [1.29, 1.82) is 0 Å². The number of hydrogen-bond donors (Lipinski definition) is 1. The first kappa shape index (κ1) is 15.0. The number of esters is 1. The number of fused-ring (bicyclic) bond motifs is 1. The Labute approximate surface area is 124 Å².